The Bertz CT molecular complexity index is 1610. The van der Waals surface area contributed by atoms with E-state index in [-0.39, 0.29) is 39.9 Å². The van der Waals surface area contributed by atoms with Crippen LogP contribution >= 0.6 is 11.6 Å². The Labute approximate surface area is 238 Å². The van der Waals surface area contributed by atoms with Gasteiger partial charge in [-0.3, -0.25) is 9.78 Å². The van der Waals surface area contributed by atoms with Crippen molar-refractivity contribution in [2.24, 2.45) is 17.8 Å². The number of aliphatic hydroxyl groups is 3. The van der Waals surface area contributed by atoms with Crippen LogP contribution in [0.1, 0.15) is 41.9 Å². The van der Waals surface area contributed by atoms with Crippen LogP contribution in [0.3, 0.4) is 0 Å². The molecule has 218 valence electrons. The smallest absolute Gasteiger partial charge is 0.255 e. The van der Waals surface area contributed by atoms with Crippen molar-refractivity contribution in [3.63, 3.8) is 0 Å². The highest BCUT2D eigenvalue weighted by Gasteiger charge is 2.68. The molecular formula is C28H26ClF3N2O6S. The molecule has 4 atom stereocenters. The lowest BCUT2D eigenvalue weighted by Crippen LogP contribution is -2.72. The van der Waals surface area contributed by atoms with Gasteiger partial charge in [-0.1, -0.05) is 18.5 Å². The Morgan fingerprint density at radius 1 is 1.05 bits per heavy atom. The second kappa shape index (κ2) is 10.7. The van der Waals surface area contributed by atoms with E-state index in [1.807, 2.05) is 0 Å². The second-order valence-corrected chi connectivity index (χ2v) is 13.2. The quantitative estimate of drug-likeness (QED) is 0.317. The normalized spacial score (nSPS) is 27.0. The number of carbonyl (C=O) groups is 1. The lowest BCUT2D eigenvalue weighted by atomic mass is 9.45. The summed E-state index contributed by atoms with van der Waals surface area (Å²) in [5, 5.41) is 34.2. The van der Waals surface area contributed by atoms with E-state index in [1.165, 1.54) is 24.4 Å². The van der Waals surface area contributed by atoms with Crippen LogP contribution in [0.4, 0.5) is 18.9 Å². The first kappa shape index (κ1) is 29.5. The minimum atomic E-state index is -4.16. The van der Waals surface area contributed by atoms with Gasteiger partial charge in [0.05, 0.1) is 20.8 Å². The molecule has 2 bridgehead atoms. The van der Waals surface area contributed by atoms with E-state index in [2.05, 4.69) is 10.3 Å². The Hall–Kier alpha value is -3.03. The molecule has 1 heterocycles. The molecule has 41 heavy (non-hydrogen) atoms. The van der Waals surface area contributed by atoms with Gasteiger partial charge >= 0.3 is 0 Å². The highest BCUT2D eigenvalue weighted by molar-refractivity contribution is 7.92. The van der Waals surface area contributed by atoms with Gasteiger partial charge in [-0.2, -0.15) is 0 Å². The first-order chi connectivity index (χ1) is 19.3. The molecule has 0 saturated heterocycles. The fourth-order valence-electron chi connectivity index (χ4n) is 6.28. The zero-order chi connectivity index (χ0) is 29.9. The number of amides is 1. The number of pyridine rings is 1. The van der Waals surface area contributed by atoms with E-state index >= 15 is 0 Å². The number of nitrogens with one attached hydrogen (secondary N) is 1. The van der Waals surface area contributed by atoms with Gasteiger partial charge in [-0.05, 0) is 73.1 Å². The average Bonchev–Trinajstić information content (AvgIpc) is 2.95. The number of hydrogen-bond donors (Lipinski definition) is 4. The third kappa shape index (κ3) is 4.91. The molecule has 8 nitrogen and oxygen atoms in total. The summed E-state index contributed by atoms with van der Waals surface area (Å²) in [7, 11) is -4.16. The molecule has 0 aliphatic heterocycles. The molecule has 13 heteroatoms. The van der Waals surface area contributed by atoms with Crippen LogP contribution in [0, 0.1) is 35.2 Å². The minimum absolute atomic E-state index is 0.0415. The lowest BCUT2D eigenvalue weighted by molar-refractivity contribution is -0.280. The molecule has 3 fully saturated rings. The van der Waals surface area contributed by atoms with Crippen molar-refractivity contribution in [1.29, 1.82) is 0 Å². The van der Waals surface area contributed by atoms with Gasteiger partial charge in [0.15, 0.2) is 21.5 Å². The van der Waals surface area contributed by atoms with E-state index < -0.39 is 73.8 Å². The number of carbonyl (C=O) groups excluding carboxylic acids is 1. The summed E-state index contributed by atoms with van der Waals surface area (Å²) in [6, 6.07) is 8.75. The number of fused-ring (bicyclic) bond motifs is 2. The molecule has 4 unspecified atom stereocenters. The fraction of sp³-hybridized carbons (Fsp3) is 0.357. The number of nitrogens with zero attached hydrogens (tertiary/aromatic N) is 1. The van der Waals surface area contributed by atoms with Crippen molar-refractivity contribution in [3.05, 3.63) is 88.5 Å². The molecule has 0 spiro atoms. The molecule has 4 N–H and O–H groups in total. The summed E-state index contributed by atoms with van der Waals surface area (Å²) >= 11 is 6.24. The summed E-state index contributed by atoms with van der Waals surface area (Å²) < 4.78 is 68.4. The number of hydrogen-bond acceptors (Lipinski definition) is 7. The van der Waals surface area contributed by atoms with Gasteiger partial charge in [0.25, 0.3) is 5.91 Å². The highest BCUT2D eigenvalue weighted by Crippen LogP contribution is 2.61. The zero-order valence-electron chi connectivity index (χ0n) is 21.5. The highest BCUT2D eigenvalue weighted by atomic mass is 35.5. The standard InChI is InChI=1S/C28H26ClF3N2O6S/c1-13-17-11-16(12-18(13)28(17,38)26(36)25(35)24-21(31)3-2-8-33-24)41(39,40)23-9-14(4-6-19(23)29)27(37)34-15-5-7-20(30)22(32)10-15/h2-10,13,16-18,25-26,35-36,38H,11-12H2,1H3,(H,34,37)/t13-,16?,17?,18?,25?,26?,28+. The Balaban J connectivity index is 1.37. The molecule has 3 saturated carbocycles. The van der Waals surface area contributed by atoms with Gasteiger partial charge in [0.1, 0.15) is 23.7 Å². The minimum Gasteiger partial charge on any atom is -0.387 e. The number of benzene rings is 2. The summed E-state index contributed by atoms with van der Waals surface area (Å²) in [6.07, 6.45) is -2.61. The first-order valence-electron chi connectivity index (χ1n) is 12.8. The average molecular weight is 611 g/mol. The number of halogens is 4. The molecule has 3 aliphatic carbocycles. The van der Waals surface area contributed by atoms with Crippen molar-refractivity contribution < 1.29 is 41.7 Å². The SMILES string of the molecule is C[C@H]1C2CC(S(=O)(=O)c3cc(C(=O)Nc4ccc(F)c(F)c4)ccc3Cl)CC1[C@@]2(O)C(O)C(O)c1ncccc1F. The topological polar surface area (TPSA) is 137 Å². The Kier molecular flexibility index (Phi) is 7.66. The van der Waals surface area contributed by atoms with Crippen molar-refractivity contribution in [3.8, 4) is 0 Å². The molecular weight excluding hydrogens is 585 g/mol. The molecule has 1 aromatic heterocycles. The summed E-state index contributed by atoms with van der Waals surface area (Å²) in [6.45, 7) is 1.79. The second-order valence-electron chi connectivity index (χ2n) is 10.6. The number of anilines is 1. The van der Waals surface area contributed by atoms with Crippen LogP contribution in [-0.2, 0) is 9.84 Å². The number of aliphatic hydroxyl groups excluding tert-OH is 2. The van der Waals surface area contributed by atoms with Crippen LogP contribution in [0.15, 0.2) is 59.6 Å². The van der Waals surface area contributed by atoms with Crippen LogP contribution in [0.5, 0.6) is 0 Å². The van der Waals surface area contributed by atoms with Gasteiger partial charge in [-0.15, -0.1) is 0 Å². The largest absolute Gasteiger partial charge is 0.387 e. The Morgan fingerprint density at radius 2 is 1.73 bits per heavy atom. The first-order valence-corrected chi connectivity index (χ1v) is 14.7. The summed E-state index contributed by atoms with van der Waals surface area (Å²) in [5.74, 6) is -5.62. The van der Waals surface area contributed by atoms with Crippen LogP contribution in [0.25, 0.3) is 0 Å². The predicted octanol–water partition coefficient (Wildman–Crippen LogP) is 4.05. The number of aromatic nitrogens is 1. The summed E-state index contributed by atoms with van der Waals surface area (Å²) in [5.41, 5.74) is -2.45. The predicted molar refractivity (Wildman–Crippen MR) is 142 cm³/mol. The third-order valence-corrected chi connectivity index (χ3v) is 11.1. The third-order valence-electron chi connectivity index (χ3n) is 8.45. The summed E-state index contributed by atoms with van der Waals surface area (Å²) in [4.78, 5) is 16.2. The zero-order valence-corrected chi connectivity index (χ0v) is 23.1. The van der Waals surface area contributed by atoms with Gasteiger partial charge in [-0.25, -0.2) is 21.6 Å². The molecule has 3 aromatic rings. The number of sulfone groups is 1. The Morgan fingerprint density at radius 3 is 2.37 bits per heavy atom. The van der Waals surface area contributed by atoms with Crippen LogP contribution in [-0.4, -0.2) is 51.6 Å². The van der Waals surface area contributed by atoms with Crippen molar-refractivity contribution in [1.82, 2.24) is 4.98 Å². The van der Waals surface area contributed by atoms with Crippen molar-refractivity contribution in [2.45, 2.75) is 47.7 Å². The van der Waals surface area contributed by atoms with E-state index in [1.54, 1.807) is 6.92 Å². The van der Waals surface area contributed by atoms with E-state index in [0.717, 1.165) is 30.3 Å². The van der Waals surface area contributed by atoms with Gasteiger partial charge in [0.2, 0.25) is 0 Å². The maximum atomic E-state index is 14.2. The maximum absolute atomic E-state index is 14.2. The van der Waals surface area contributed by atoms with Gasteiger partial charge in [0, 0.05) is 23.5 Å². The van der Waals surface area contributed by atoms with E-state index in [9.17, 15) is 41.7 Å². The van der Waals surface area contributed by atoms with E-state index in [4.69, 9.17) is 11.6 Å². The lowest BCUT2D eigenvalue weighted by Gasteiger charge is -2.64. The number of rotatable bonds is 7. The molecule has 1 amide bonds. The van der Waals surface area contributed by atoms with Crippen LogP contribution in [0.2, 0.25) is 5.02 Å². The molecule has 2 aromatic carbocycles. The maximum Gasteiger partial charge on any atom is 0.255 e. The fourth-order valence-corrected chi connectivity index (χ4v) is 8.63. The van der Waals surface area contributed by atoms with Crippen molar-refractivity contribution in [2.75, 3.05) is 5.32 Å². The monoisotopic (exact) mass is 610 g/mol. The van der Waals surface area contributed by atoms with E-state index in [0.29, 0.717) is 0 Å². The van der Waals surface area contributed by atoms with Crippen LogP contribution < -0.4 is 5.32 Å². The molecule has 3 aliphatic rings. The molecule has 0 radical (unpaired) electrons. The molecule has 6 rings (SSSR count). The van der Waals surface area contributed by atoms with Gasteiger partial charge < -0.3 is 20.6 Å². The van der Waals surface area contributed by atoms with Crippen molar-refractivity contribution >= 4 is 33.0 Å².